The standard InChI is InChI=1S/C39H42ClF3N4O5/c1-2-51-34(48)17-18-45-39(50)47-28-20-29(25-11-9-24(10-12-25)6-5-19-52-37-32(42)16-15-31(41)36(37)43)35(33(47)22-44-21-28)38(49)46(27-13-14-27)23-26-7-3-4-8-30(26)40/h3-4,7-12,15-16,27-28,33,44H,2,5-6,13-14,17-23H2,1H3,(H,45,50)/t28-,33-/m1/s1. The Morgan fingerprint density at radius 1 is 1.00 bits per heavy atom. The van der Waals surface area contributed by atoms with Gasteiger partial charge < -0.3 is 29.9 Å². The SMILES string of the molecule is CCOC(=O)CCNC(=O)N1[C@H]2CNC[C@@H]1C(C(=O)N(Cc1ccccc1Cl)C1CC1)=C(c1ccc(CCCOc3c(F)ccc(F)c3F)cc1)C2. The molecule has 3 aliphatic rings. The zero-order valence-corrected chi connectivity index (χ0v) is 29.7. The van der Waals surface area contributed by atoms with Gasteiger partial charge in [0.05, 0.1) is 31.7 Å². The molecule has 0 spiro atoms. The van der Waals surface area contributed by atoms with E-state index in [-0.39, 0.29) is 50.2 Å². The number of piperazine rings is 1. The number of esters is 1. The largest absolute Gasteiger partial charge is 0.488 e. The van der Waals surface area contributed by atoms with Crippen molar-refractivity contribution in [2.45, 2.75) is 70.1 Å². The molecule has 2 bridgehead atoms. The van der Waals surface area contributed by atoms with Crippen molar-refractivity contribution in [1.29, 1.82) is 0 Å². The molecular formula is C39H42ClF3N4O5. The van der Waals surface area contributed by atoms with E-state index >= 15 is 0 Å². The lowest BCUT2D eigenvalue weighted by molar-refractivity contribution is -0.142. The van der Waals surface area contributed by atoms with Gasteiger partial charge in [-0.1, -0.05) is 54.1 Å². The van der Waals surface area contributed by atoms with Gasteiger partial charge in [-0.25, -0.2) is 13.6 Å². The molecule has 3 aromatic rings. The number of aryl methyl sites for hydroxylation is 1. The third kappa shape index (κ3) is 8.56. The second kappa shape index (κ2) is 16.9. The van der Waals surface area contributed by atoms with Crippen LogP contribution in [0.5, 0.6) is 5.75 Å². The number of hydrogen-bond acceptors (Lipinski definition) is 6. The Morgan fingerprint density at radius 3 is 2.48 bits per heavy atom. The maximum atomic E-state index is 14.8. The molecule has 2 aliphatic heterocycles. The smallest absolute Gasteiger partial charge is 0.318 e. The first-order valence-electron chi connectivity index (χ1n) is 17.7. The van der Waals surface area contributed by atoms with Crippen molar-refractivity contribution >= 4 is 35.1 Å². The zero-order valence-electron chi connectivity index (χ0n) is 28.9. The van der Waals surface area contributed by atoms with Crippen LogP contribution < -0.4 is 15.4 Å². The number of rotatable bonds is 14. The fourth-order valence-electron chi connectivity index (χ4n) is 6.93. The van der Waals surface area contributed by atoms with Gasteiger partial charge in [0, 0.05) is 42.8 Å². The number of benzene rings is 3. The van der Waals surface area contributed by atoms with Crippen LogP contribution in [0, 0.1) is 17.5 Å². The molecule has 276 valence electrons. The minimum Gasteiger partial charge on any atom is -0.488 e. The van der Waals surface area contributed by atoms with E-state index in [1.165, 1.54) is 0 Å². The van der Waals surface area contributed by atoms with Gasteiger partial charge in [-0.05, 0) is 79.5 Å². The lowest BCUT2D eigenvalue weighted by atomic mass is 9.81. The number of fused-ring (bicyclic) bond motifs is 2. The fraction of sp³-hybridized carbons (Fsp3) is 0.410. The predicted molar refractivity (Wildman–Crippen MR) is 190 cm³/mol. The van der Waals surface area contributed by atoms with E-state index in [1.54, 1.807) is 11.8 Å². The molecule has 0 radical (unpaired) electrons. The molecule has 0 aromatic heterocycles. The van der Waals surface area contributed by atoms with Crippen LogP contribution in [0.4, 0.5) is 18.0 Å². The summed E-state index contributed by atoms with van der Waals surface area (Å²) in [6.07, 6.45) is 3.18. The lowest BCUT2D eigenvalue weighted by Crippen LogP contribution is -2.65. The Labute approximate surface area is 306 Å². The highest BCUT2D eigenvalue weighted by molar-refractivity contribution is 6.31. The van der Waals surface area contributed by atoms with Gasteiger partial charge in [0.1, 0.15) is 0 Å². The van der Waals surface area contributed by atoms with E-state index in [2.05, 4.69) is 10.6 Å². The van der Waals surface area contributed by atoms with Crippen molar-refractivity contribution in [2.75, 3.05) is 32.8 Å². The van der Waals surface area contributed by atoms with Crippen molar-refractivity contribution < 1.29 is 37.0 Å². The molecular weight excluding hydrogens is 697 g/mol. The van der Waals surface area contributed by atoms with Crippen LogP contribution in [0.1, 0.15) is 55.7 Å². The molecule has 13 heteroatoms. The van der Waals surface area contributed by atoms with Crippen LogP contribution in [0.3, 0.4) is 0 Å². The molecule has 6 rings (SSSR count). The second-order valence-electron chi connectivity index (χ2n) is 13.2. The predicted octanol–water partition coefficient (Wildman–Crippen LogP) is 6.42. The van der Waals surface area contributed by atoms with Crippen LogP contribution in [0.2, 0.25) is 5.02 Å². The molecule has 1 saturated carbocycles. The first-order chi connectivity index (χ1) is 25.2. The first-order valence-corrected chi connectivity index (χ1v) is 18.1. The minimum absolute atomic E-state index is 0.0146. The first kappa shape index (κ1) is 37.2. The number of carbonyl (C=O) groups excluding carboxylic acids is 3. The second-order valence-corrected chi connectivity index (χ2v) is 13.6. The molecule has 3 amide bonds. The third-order valence-electron chi connectivity index (χ3n) is 9.63. The molecule has 2 N–H and O–H groups in total. The van der Waals surface area contributed by atoms with Crippen molar-refractivity contribution in [1.82, 2.24) is 20.4 Å². The van der Waals surface area contributed by atoms with Gasteiger partial charge in [0.2, 0.25) is 5.82 Å². The monoisotopic (exact) mass is 738 g/mol. The van der Waals surface area contributed by atoms with Crippen LogP contribution in [0.15, 0.2) is 66.2 Å². The fourth-order valence-corrected chi connectivity index (χ4v) is 7.12. The van der Waals surface area contributed by atoms with Crippen LogP contribution in [-0.2, 0) is 27.3 Å². The number of nitrogens with one attached hydrogen (secondary N) is 2. The van der Waals surface area contributed by atoms with E-state index in [1.807, 2.05) is 53.4 Å². The van der Waals surface area contributed by atoms with Crippen molar-refractivity contribution in [3.8, 4) is 5.75 Å². The Hall–Kier alpha value is -4.55. The van der Waals surface area contributed by atoms with Gasteiger partial charge in [-0.2, -0.15) is 4.39 Å². The molecule has 9 nitrogen and oxygen atoms in total. The molecule has 3 aromatic carbocycles. The van der Waals surface area contributed by atoms with Crippen molar-refractivity contribution in [3.05, 3.63) is 105 Å². The Morgan fingerprint density at radius 2 is 1.75 bits per heavy atom. The summed E-state index contributed by atoms with van der Waals surface area (Å²) >= 11 is 6.55. The minimum atomic E-state index is -1.35. The number of nitrogens with zero attached hydrogens (tertiary/aromatic N) is 2. The summed E-state index contributed by atoms with van der Waals surface area (Å²) in [5.74, 6) is -4.76. The summed E-state index contributed by atoms with van der Waals surface area (Å²) in [6, 6.07) is 15.7. The Bertz CT molecular complexity index is 1820. The maximum absolute atomic E-state index is 14.8. The maximum Gasteiger partial charge on any atom is 0.318 e. The molecule has 1 aliphatic carbocycles. The highest BCUT2D eigenvalue weighted by Crippen LogP contribution is 2.40. The number of ether oxygens (including phenoxy) is 2. The van der Waals surface area contributed by atoms with E-state index in [9.17, 15) is 27.6 Å². The van der Waals surface area contributed by atoms with Crippen LogP contribution in [0.25, 0.3) is 5.57 Å². The topological polar surface area (TPSA) is 100 Å². The van der Waals surface area contributed by atoms with Gasteiger partial charge in [0.25, 0.3) is 5.91 Å². The van der Waals surface area contributed by atoms with E-state index < -0.39 is 35.2 Å². The van der Waals surface area contributed by atoms with Gasteiger partial charge in [-0.3, -0.25) is 9.59 Å². The van der Waals surface area contributed by atoms with Gasteiger partial charge in [-0.15, -0.1) is 0 Å². The highest BCUT2D eigenvalue weighted by atomic mass is 35.5. The van der Waals surface area contributed by atoms with Crippen LogP contribution in [-0.4, -0.2) is 78.7 Å². The molecule has 52 heavy (non-hydrogen) atoms. The summed E-state index contributed by atoms with van der Waals surface area (Å²) in [6.45, 7) is 3.32. The van der Waals surface area contributed by atoms with E-state index in [0.717, 1.165) is 41.2 Å². The summed E-state index contributed by atoms with van der Waals surface area (Å²) in [4.78, 5) is 44.1. The Kier molecular flexibility index (Phi) is 12.1. The van der Waals surface area contributed by atoms with E-state index in [0.29, 0.717) is 55.6 Å². The number of halogens is 4. The summed E-state index contributed by atoms with van der Waals surface area (Å²) in [7, 11) is 0. The van der Waals surface area contributed by atoms with E-state index in [4.69, 9.17) is 21.1 Å². The number of urea groups is 1. The summed E-state index contributed by atoms with van der Waals surface area (Å²) in [5.41, 5.74) is 4.06. The van der Waals surface area contributed by atoms with Crippen molar-refractivity contribution in [2.24, 2.45) is 0 Å². The molecule has 1 saturated heterocycles. The van der Waals surface area contributed by atoms with Crippen molar-refractivity contribution in [3.63, 3.8) is 0 Å². The van der Waals surface area contributed by atoms with Gasteiger partial charge >= 0.3 is 12.0 Å². The zero-order chi connectivity index (χ0) is 36.8. The average molecular weight is 739 g/mol. The van der Waals surface area contributed by atoms with Crippen LogP contribution >= 0.6 is 11.6 Å². The molecule has 2 atom stereocenters. The quantitative estimate of drug-likeness (QED) is 0.113. The molecule has 2 fully saturated rings. The van der Waals surface area contributed by atoms with Gasteiger partial charge in [0.15, 0.2) is 17.4 Å². The lowest BCUT2D eigenvalue weighted by Gasteiger charge is -2.48. The normalized spacial score (nSPS) is 18.2. The third-order valence-corrected chi connectivity index (χ3v) is 10.00. The Balaban J connectivity index is 1.25. The number of hydrogen-bond donors (Lipinski definition) is 2. The average Bonchev–Trinajstić information content (AvgIpc) is 3.98. The molecule has 2 heterocycles. The summed E-state index contributed by atoms with van der Waals surface area (Å²) in [5, 5.41) is 6.87. The number of amides is 3. The highest BCUT2D eigenvalue weighted by Gasteiger charge is 2.46. The molecule has 0 unspecified atom stereocenters. The number of carbonyl (C=O) groups is 3. The summed E-state index contributed by atoms with van der Waals surface area (Å²) < 4.78 is 51.7.